The van der Waals surface area contributed by atoms with Gasteiger partial charge in [-0.15, -0.1) is 0 Å². The average molecular weight is 258 g/mol. The summed E-state index contributed by atoms with van der Waals surface area (Å²) in [7, 11) is 0. The molecule has 3 rings (SSSR count). The highest BCUT2D eigenvalue weighted by Gasteiger charge is 2.31. The number of rotatable bonds is 3. The van der Waals surface area contributed by atoms with Crippen molar-refractivity contribution in [1.82, 2.24) is 10.3 Å². The normalized spacial score (nSPS) is 17.7. The molecule has 3 N–H and O–H groups in total. The Balaban J connectivity index is 1.69. The first kappa shape index (κ1) is 12.2. The second kappa shape index (κ2) is 4.70. The molecule has 0 spiro atoms. The Morgan fingerprint density at radius 1 is 1.32 bits per heavy atom. The zero-order chi connectivity index (χ0) is 13.3. The average Bonchev–Trinajstić information content (AvgIpc) is 3.02. The third kappa shape index (κ3) is 2.49. The van der Waals surface area contributed by atoms with Gasteiger partial charge in [0.15, 0.2) is 0 Å². The molecule has 0 saturated heterocycles. The van der Waals surface area contributed by atoms with Gasteiger partial charge in [0, 0.05) is 17.4 Å². The van der Waals surface area contributed by atoms with E-state index in [9.17, 15) is 9.90 Å². The largest absolute Gasteiger partial charge is 0.388 e. The molecule has 0 aliphatic heterocycles. The molecule has 0 atom stereocenters. The molecule has 1 aliphatic carbocycles. The van der Waals surface area contributed by atoms with Crippen LogP contribution in [0.15, 0.2) is 30.3 Å². The fourth-order valence-corrected chi connectivity index (χ4v) is 2.75. The molecule has 1 saturated carbocycles. The fourth-order valence-electron chi connectivity index (χ4n) is 2.75. The number of hydrogen-bond donors (Lipinski definition) is 3. The van der Waals surface area contributed by atoms with E-state index in [0.717, 1.165) is 36.6 Å². The van der Waals surface area contributed by atoms with Crippen molar-refractivity contribution in [3.8, 4) is 0 Å². The predicted molar refractivity (Wildman–Crippen MR) is 74.0 cm³/mol. The SMILES string of the molecule is O=C(NCC1(O)CCCC1)c1cc2ccccc2[nH]1. The molecule has 0 radical (unpaired) electrons. The van der Waals surface area contributed by atoms with E-state index in [4.69, 9.17) is 0 Å². The van der Waals surface area contributed by atoms with Crippen molar-refractivity contribution < 1.29 is 9.90 Å². The Morgan fingerprint density at radius 2 is 2.05 bits per heavy atom. The topological polar surface area (TPSA) is 65.1 Å². The number of aromatic nitrogens is 1. The Labute approximate surface area is 111 Å². The van der Waals surface area contributed by atoms with Crippen molar-refractivity contribution in [2.75, 3.05) is 6.54 Å². The first-order valence-electron chi connectivity index (χ1n) is 6.75. The minimum absolute atomic E-state index is 0.156. The molecule has 100 valence electrons. The van der Waals surface area contributed by atoms with E-state index in [2.05, 4.69) is 10.3 Å². The maximum Gasteiger partial charge on any atom is 0.267 e. The second-order valence-electron chi connectivity index (χ2n) is 5.38. The van der Waals surface area contributed by atoms with Crippen LogP contribution in [-0.2, 0) is 0 Å². The van der Waals surface area contributed by atoms with E-state index < -0.39 is 5.60 Å². The number of fused-ring (bicyclic) bond motifs is 1. The first-order chi connectivity index (χ1) is 9.16. The highest BCUT2D eigenvalue weighted by atomic mass is 16.3. The molecule has 4 heteroatoms. The van der Waals surface area contributed by atoms with Gasteiger partial charge in [-0.3, -0.25) is 4.79 Å². The lowest BCUT2D eigenvalue weighted by atomic mass is 10.0. The Kier molecular flexibility index (Phi) is 3.03. The number of aliphatic hydroxyl groups is 1. The quantitative estimate of drug-likeness (QED) is 0.790. The van der Waals surface area contributed by atoms with E-state index in [1.807, 2.05) is 30.3 Å². The zero-order valence-electron chi connectivity index (χ0n) is 10.8. The first-order valence-corrected chi connectivity index (χ1v) is 6.75. The standard InChI is InChI=1S/C15H18N2O2/c18-14(16-10-15(19)7-3-4-8-15)13-9-11-5-1-2-6-12(11)17-13/h1-2,5-6,9,17,19H,3-4,7-8,10H2,(H,16,18). The third-order valence-corrected chi connectivity index (χ3v) is 3.89. The van der Waals surface area contributed by atoms with E-state index in [-0.39, 0.29) is 5.91 Å². The van der Waals surface area contributed by atoms with Crippen LogP contribution in [-0.4, -0.2) is 28.1 Å². The fraction of sp³-hybridized carbons (Fsp3) is 0.400. The molecular weight excluding hydrogens is 240 g/mol. The van der Waals surface area contributed by atoms with Crippen molar-refractivity contribution in [3.05, 3.63) is 36.0 Å². The number of carbonyl (C=O) groups is 1. The van der Waals surface area contributed by atoms with Crippen molar-refractivity contribution in [2.45, 2.75) is 31.3 Å². The molecular formula is C15H18N2O2. The maximum atomic E-state index is 12.1. The van der Waals surface area contributed by atoms with Crippen LogP contribution in [0.4, 0.5) is 0 Å². The van der Waals surface area contributed by atoms with Crippen molar-refractivity contribution in [2.24, 2.45) is 0 Å². The Hall–Kier alpha value is -1.81. The lowest BCUT2D eigenvalue weighted by Crippen LogP contribution is -2.40. The summed E-state index contributed by atoms with van der Waals surface area (Å²) in [5, 5.41) is 14.0. The summed E-state index contributed by atoms with van der Waals surface area (Å²) in [6.45, 7) is 0.335. The van der Waals surface area contributed by atoms with Crippen LogP contribution in [0, 0.1) is 0 Å². The molecule has 0 bridgehead atoms. The van der Waals surface area contributed by atoms with Crippen LogP contribution in [0.2, 0.25) is 0 Å². The number of H-pyrrole nitrogens is 1. The van der Waals surface area contributed by atoms with Gasteiger partial charge in [0.25, 0.3) is 5.91 Å². The summed E-state index contributed by atoms with van der Waals surface area (Å²) in [6.07, 6.45) is 3.64. The molecule has 19 heavy (non-hydrogen) atoms. The molecule has 1 aliphatic rings. The van der Waals surface area contributed by atoms with Crippen LogP contribution in [0.5, 0.6) is 0 Å². The van der Waals surface area contributed by atoms with Crippen molar-refractivity contribution >= 4 is 16.8 Å². The van der Waals surface area contributed by atoms with Crippen LogP contribution < -0.4 is 5.32 Å². The molecule has 1 aromatic carbocycles. The Morgan fingerprint density at radius 3 is 2.79 bits per heavy atom. The number of hydrogen-bond acceptors (Lipinski definition) is 2. The Bertz CT molecular complexity index is 564. The van der Waals surface area contributed by atoms with Crippen LogP contribution >= 0.6 is 0 Å². The number of benzene rings is 1. The molecule has 1 fully saturated rings. The van der Waals surface area contributed by atoms with Crippen LogP contribution in [0.1, 0.15) is 36.2 Å². The monoisotopic (exact) mass is 258 g/mol. The molecule has 1 aromatic heterocycles. The predicted octanol–water partition coefficient (Wildman–Crippen LogP) is 2.20. The lowest BCUT2D eigenvalue weighted by molar-refractivity contribution is 0.0449. The molecule has 0 unspecified atom stereocenters. The number of para-hydroxylation sites is 1. The molecule has 4 nitrogen and oxygen atoms in total. The maximum absolute atomic E-state index is 12.1. The van der Waals surface area contributed by atoms with E-state index >= 15 is 0 Å². The number of nitrogens with one attached hydrogen (secondary N) is 2. The minimum Gasteiger partial charge on any atom is -0.388 e. The minimum atomic E-state index is -0.707. The van der Waals surface area contributed by atoms with Crippen LogP contribution in [0.25, 0.3) is 10.9 Å². The number of carbonyl (C=O) groups excluding carboxylic acids is 1. The summed E-state index contributed by atoms with van der Waals surface area (Å²) in [5.41, 5.74) is 0.789. The van der Waals surface area contributed by atoms with E-state index in [1.165, 1.54) is 0 Å². The third-order valence-electron chi connectivity index (χ3n) is 3.89. The van der Waals surface area contributed by atoms with Gasteiger partial charge in [-0.2, -0.15) is 0 Å². The van der Waals surface area contributed by atoms with Gasteiger partial charge in [0.1, 0.15) is 5.69 Å². The molecule has 2 aromatic rings. The number of amides is 1. The van der Waals surface area contributed by atoms with E-state index in [1.54, 1.807) is 0 Å². The summed E-state index contributed by atoms with van der Waals surface area (Å²) < 4.78 is 0. The van der Waals surface area contributed by atoms with Crippen molar-refractivity contribution in [1.29, 1.82) is 0 Å². The summed E-state index contributed by atoms with van der Waals surface area (Å²) >= 11 is 0. The van der Waals surface area contributed by atoms with Gasteiger partial charge < -0.3 is 15.4 Å². The second-order valence-corrected chi connectivity index (χ2v) is 5.38. The lowest BCUT2D eigenvalue weighted by Gasteiger charge is -2.22. The smallest absolute Gasteiger partial charge is 0.267 e. The molecule has 1 amide bonds. The van der Waals surface area contributed by atoms with Gasteiger partial charge >= 0.3 is 0 Å². The summed E-state index contributed by atoms with van der Waals surface area (Å²) in [4.78, 5) is 15.1. The van der Waals surface area contributed by atoms with Gasteiger partial charge in [-0.1, -0.05) is 31.0 Å². The highest BCUT2D eigenvalue weighted by molar-refractivity contribution is 5.97. The zero-order valence-corrected chi connectivity index (χ0v) is 10.8. The van der Waals surface area contributed by atoms with Gasteiger partial charge in [-0.05, 0) is 25.0 Å². The summed E-state index contributed by atoms with van der Waals surface area (Å²) in [6, 6.07) is 9.62. The summed E-state index contributed by atoms with van der Waals surface area (Å²) in [5.74, 6) is -0.156. The van der Waals surface area contributed by atoms with Gasteiger partial charge in [0.05, 0.1) is 5.60 Å². The molecule has 1 heterocycles. The van der Waals surface area contributed by atoms with Gasteiger partial charge in [-0.25, -0.2) is 0 Å². The van der Waals surface area contributed by atoms with Crippen LogP contribution in [0.3, 0.4) is 0 Å². The van der Waals surface area contributed by atoms with Crippen molar-refractivity contribution in [3.63, 3.8) is 0 Å². The van der Waals surface area contributed by atoms with E-state index in [0.29, 0.717) is 12.2 Å². The van der Waals surface area contributed by atoms with Gasteiger partial charge in [0.2, 0.25) is 0 Å². The highest BCUT2D eigenvalue weighted by Crippen LogP contribution is 2.28. The number of aromatic amines is 1.